The molecule has 1 aromatic rings. The van der Waals surface area contributed by atoms with Gasteiger partial charge in [-0.1, -0.05) is 0 Å². The largest absolute Gasteiger partial charge is 0.432 e. The number of rotatable bonds is 2. The number of H-pyrrole nitrogens is 1. The van der Waals surface area contributed by atoms with Crippen molar-refractivity contribution in [1.29, 1.82) is 0 Å². The fourth-order valence-corrected chi connectivity index (χ4v) is 0.919. The minimum absolute atomic E-state index is 0.380. The number of carbonyl (C=O) groups is 1. The van der Waals surface area contributed by atoms with Gasteiger partial charge in [0.1, 0.15) is 12.2 Å². The molecule has 0 atom stereocenters. The Kier molecular flexibility index (Phi) is 2.50. The molecule has 0 aromatic carbocycles. The van der Waals surface area contributed by atoms with Crippen LogP contribution >= 0.6 is 0 Å². The molecular weight excluding hydrogens is 201 g/mol. The monoisotopic (exact) mass is 208 g/mol. The molecule has 1 heterocycles. The van der Waals surface area contributed by atoms with Crippen molar-refractivity contribution in [3.05, 3.63) is 22.1 Å². The summed E-state index contributed by atoms with van der Waals surface area (Å²) in [5.41, 5.74) is -2.02. The van der Waals surface area contributed by atoms with E-state index in [9.17, 15) is 22.8 Å². The first-order valence-electron chi connectivity index (χ1n) is 3.67. The van der Waals surface area contributed by atoms with Gasteiger partial charge in [-0.25, -0.2) is 4.68 Å². The summed E-state index contributed by atoms with van der Waals surface area (Å²) in [6, 6.07) is 0.420. The van der Waals surface area contributed by atoms with E-state index in [1.165, 1.54) is 6.92 Å². The van der Waals surface area contributed by atoms with Crippen LogP contribution in [0.15, 0.2) is 10.9 Å². The second-order valence-electron chi connectivity index (χ2n) is 2.79. The summed E-state index contributed by atoms with van der Waals surface area (Å²) in [5, 5.41) is 1.81. The van der Waals surface area contributed by atoms with Crippen LogP contribution in [0.3, 0.4) is 0 Å². The fourth-order valence-electron chi connectivity index (χ4n) is 0.919. The molecule has 78 valence electrons. The molecule has 0 fully saturated rings. The summed E-state index contributed by atoms with van der Waals surface area (Å²) in [6.07, 6.45) is -4.60. The minimum Gasteiger partial charge on any atom is -0.298 e. The van der Waals surface area contributed by atoms with Crippen molar-refractivity contribution in [2.24, 2.45) is 0 Å². The minimum atomic E-state index is -4.60. The Morgan fingerprint density at radius 2 is 2.14 bits per heavy atom. The first-order chi connectivity index (χ1) is 6.30. The van der Waals surface area contributed by atoms with Gasteiger partial charge in [-0.05, 0) is 6.92 Å². The SMILES string of the molecule is CC(=O)Cn1[nH]c(C(F)(F)F)cc1=O. The summed E-state index contributed by atoms with van der Waals surface area (Å²) < 4.78 is 36.8. The predicted octanol–water partition coefficient (Wildman–Crippen LogP) is 0.784. The number of ketones is 1. The topological polar surface area (TPSA) is 54.9 Å². The Balaban J connectivity index is 3.06. The van der Waals surface area contributed by atoms with Crippen molar-refractivity contribution in [2.75, 3.05) is 0 Å². The van der Waals surface area contributed by atoms with E-state index in [2.05, 4.69) is 0 Å². The Morgan fingerprint density at radius 3 is 2.50 bits per heavy atom. The predicted molar refractivity (Wildman–Crippen MR) is 40.7 cm³/mol. The highest BCUT2D eigenvalue weighted by Gasteiger charge is 2.33. The number of aromatic nitrogens is 2. The van der Waals surface area contributed by atoms with Crippen LogP contribution in [0.4, 0.5) is 13.2 Å². The quantitative estimate of drug-likeness (QED) is 0.780. The Bertz CT molecular complexity index is 402. The van der Waals surface area contributed by atoms with Crippen LogP contribution in [0, 0.1) is 0 Å². The van der Waals surface area contributed by atoms with E-state index in [4.69, 9.17) is 0 Å². The van der Waals surface area contributed by atoms with Gasteiger partial charge in [0.05, 0.1) is 0 Å². The van der Waals surface area contributed by atoms with Crippen LogP contribution in [0.5, 0.6) is 0 Å². The van der Waals surface area contributed by atoms with Gasteiger partial charge in [0.15, 0.2) is 5.78 Å². The summed E-state index contributed by atoms with van der Waals surface area (Å²) in [4.78, 5) is 21.5. The zero-order valence-corrected chi connectivity index (χ0v) is 7.18. The van der Waals surface area contributed by atoms with Gasteiger partial charge in [-0.15, -0.1) is 0 Å². The number of hydrogen-bond acceptors (Lipinski definition) is 2. The zero-order valence-electron chi connectivity index (χ0n) is 7.18. The lowest BCUT2D eigenvalue weighted by Crippen LogP contribution is -2.19. The molecule has 0 bridgehead atoms. The maximum atomic E-state index is 12.1. The second kappa shape index (κ2) is 3.32. The van der Waals surface area contributed by atoms with Crippen molar-refractivity contribution >= 4 is 5.78 Å². The molecule has 0 unspecified atom stereocenters. The third-order valence-corrected chi connectivity index (χ3v) is 1.48. The molecule has 0 aliphatic heterocycles. The molecular formula is C7H7F3N2O2. The van der Waals surface area contributed by atoms with Crippen molar-refractivity contribution in [1.82, 2.24) is 9.78 Å². The molecule has 0 aliphatic rings. The van der Waals surface area contributed by atoms with Gasteiger partial charge in [0.2, 0.25) is 0 Å². The van der Waals surface area contributed by atoms with Crippen molar-refractivity contribution in [3.63, 3.8) is 0 Å². The van der Waals surface area contributed by atoms with Crippen LogP contribution in [0.2, 0.25) is 0 Å². The number of hydrogen-bond donors (Lipinski definition) is 1. The Hall–Kier alpha value is -1.53. The van der Waals surface area contributed by atoms with Crippen LogP contribution in [0.25, 0.3) is 0 Å². The first-order valence-corrected chi connectivity index (χ1v) is 3.67. The number of Topliss-reactive ketones (excluding diaryl/α,β-unsaturated/α-hetero) is 1. The van der Waals surface area contributed by atoms with E-state index in [0.29, 0.717) is 10.7 Å². The number of nitrogens with one attached hydrogen (secondary N) is 1. The van der Waals surface area contributed by atoms with Gasteiger partial charge in [-0.3, -0.25) is 14.7 Å². The van der Waals surface area contributed by atoms with Crippen molar-refractivity contribution < 1.29 is 18.0 Å². The highest BCUT2D eigenvalue weighted by molar-refractivity contribution is 5.75. The molecule has 0 amide bonds. The lowest BCUT2D eigenvalue weighted by atomic mass is 10.4. The molecule has 7 heteroatoms. The molecule has 0 aliphatic carbocycles. The lowest BCUT2D eigenvalue weighted by Gasteiger charge is -2.02. The normalized spacial score (nSPS) is 11.7. The van der Waals surface area contributed by atoms with E-state index in [1.807, 2.05) is 5.10 Å². The number of alkyl halides is 3. The van der Waals surface area contributed by atoms with Crippen LogP contribution in [-0.2, 0) is 17.5 Å². The highest BCUT2D eigenvalue weighted by Crippen LogP contribution is 2.26. The van der Waals surface area contributed by atoms with E-state index in [-0.39, 0.29) is 6.54 Å². The molecule has 14 heavy (non-hydrogen) atoms. The molecule has 1 aromatic heterocycles. The van der Waals surface area contributed by atoms with Crippen LogP contribution in [-0.4, -0.2) is 15.6 Å². The molecule has 4 nitrogen and oxygen atoms in total. The maximum Gasteiger partial charge on any atom is 0.432 e. The summed E-state index contributed by atoms with van der Waals surface area (Å²) in [6.45, 7) is 0.801. The van der Waals surface area contributed by atoms with E-state index in [0.717, 1.165) is 0 Å². The summed E-state index contributed by atoms with van der Waals surface area (Å²) in [7, 11) is 0. The summed E-state index contributed by atoms with van der Waals surface area (Å²) >= 11 is 0. The van der Waals surface area contributed by atoms with E-state index < -0.39 is 23.2 Å². The van der Waals surface area contributed by atoms with Crippen LogP contribution < -0.4 is 5.56 Å². The molecule has 1 rings (SSSR count). The molecule has 1 N–H and O–H groups in total. The van der Waals surface area contributed by atoms with Gasteiger partial charge < -0.3 is 0 Å². The summed E-state index contributed by atoms with van der Waals surface area (Å²) in [5.74, 6) is -0.400. The van der Waals surface area contributed by atoms with Gasteiger partial charge >= 0.3 is 6.18 Å². The van der Waals surface area contributed by atoms with E-state index >= 15 is 0 Å². The fraction of sp³-hybridized carbons (Fsp3) is 0.429. The first kappa shape index (κ1) is 10.6. The molecule has 0 saturated carbocycles. The number of carbonyl (C=O) groups excluding carboxylic acids is 1. The van der Waals surface area contributed by atoms with E-state index in [1.54, 1.807) is 0 Å². The molecule has 0 radical (unpaired) electrons. The molecule has 0 saturated heterocycles. The second-order valence-corrected chi connectivity index (χ2v) is 2.79. The van der Waals surface area contributed by atoms with Gasteiger partial charge in [0.25, 0.3) is 5.56 Å². The lowest BCUT2D eigenvalue weighted by molar-refractivity contribution is -0.141. The Labute approximate surface area is 76.3 Å². The third-order valence-electron chi connectivity index (χ3n) is 1.48. The third kappa shape index (κ3) is 2.24. The van der Waals surface area contributed by atoms with Gasteiger partial charge in [0, 0.05) is 6.07 Å². The van der Waals surface area contributed by atoms with Crippen molar-refractivity contribution in [2.45, 2.75) is 19.6 Å². The Morgan fingerprint density at radius 1 is 1.57 bits per heavy atom. The molecule has 0 spiro atoms. The van der Waals surface area contributed by atoms with Gasteiger partial charge in [-0.2, -0.15) is 13.2 Å². The number of nitrogens with zero attached hydrogens (tertiary/aromatic N) is 1. The average Bonchev–Trinajstić information content (AvgIpc) is 2.30. The standard InChI is InChI=1S/C7H7F3N2O2/c1-4(13)3-12-6(14)2-5(11-12)7(8,9)10/h2,11H,3H2,1H3. The van der Waals surface area contributed by atoms with Crippen LogP contribution in [0.1, 0.15) is 12.6 Å². The number of aromatic amines is 1. The number of halogens is 3. The smallest absolute Gasteiger partial charge is 0.298 e. The maximum absolute atomic E-state index is 12.1. The van der Waals surface area contributed by atoms with Crippen molar-refractivity contribution in [3.8, 4) is 0 Å². The average molecular weight is 208 g/mol. The highest BCUT2D eigenvalue weighted by atomic mass is 19.4. The zero-order chi connectivity index (χ0) is 10.9.